The first-order chi connectivity index (χ1) is 15.5. The largest absolute Gasteiger partial charge is 0.445 e. The van der Waals surface area contributed by atoms with Gasteiger partial charge in [0.05, 0.1) is 6.04 Å². The Morgan fingerprint density at radius 1 is 0.812 bits per heavy atom. The average Bonchev–Trinajstić information content (AvgIpc) is 2.82. The topological polar surface area (TPSA) is 84.5 Å². The zero-order valence-electron chi connectivity index (χ0n) is 17.6. The van der Waals surface area contributed by atoms with Crippen LogP contribution in [0.1, 0.15) is 16.7 Å². The number of carbonyl (C=O) groups is 1. The van der Waals surface area contributed by atoms with Gasteiger partial charge in [-0.3, -0.25) is 0 Å². The van der Waals surface area contributed by atoms with Gasteiger partial charge in [-0.2, -0.15) is 0 Å². The molecule has 0 aliphatic rings. The van der Waals surface area contributed by atoms with Crippen molar-refractivity contribution in [2.24, 2.45) is 0 Å². The third kappa shape index (κ3) is 8.37. The van der Waals surface area contributed by atoms with Crippen molar-refractivity contribution in [3.05, 3.63) is 119 Å². The summed E-state index contributed by atoms with van der Waals surface area (Å²) in [6.07, 6.45) is 1.27. The summed E-state index contributed by atoms with van der Waals surface area (Å²) in [5.41, 5.74) is 2.68. The number of hydrogen-bond donors (Lipinski definition) is 2. The molecule has 3 aromatic carbocycles. The molecule has 0 heterocycles. The predicted molar refractivity (Wildman–Crippen MR) is 125 cm³/mol. The number of nitrogens with one attached hydrogen (secondary N) is 2. The molecule has 0 aliphatic carbocycles. The van der Waals surface area contributed by atoms with Crippen molar-refractivity contribution in [2.45, 2.75) is 25.6 Å². The third-order valence-corrected chi connectivity index (χ3v) is 5.69. The molecule has 0 unspecified atom stereocenters. The van der Waals surface area contributed by atoms with Crippen molar-refractivity contribution in [3.63, 3.8) is 0 Å². The van der Waals surface area contributed by atoms with Gasteiger partial charge in [0, 0.05) is 12.0 Å². The summed E-state index contributed by atoms with van der Waals surface area (Å²) in [7, 11) is -3.68. The van der Waals surface area contributed by atoms with Crippen molar-refractivity contribution in [3.8, 4) is 0 Å². The lowest BCUT2D eigenvalue weighted by Gasteiger charge is -2.16. The number of hydrogen-bond acceptors (Lipinski definition) is 4. The highest BCUT2D eigenvalue weighted by Crippen LogP contribution is 2.07. The molecule has 32 heavy (non-hydrogen) atoms. The highest BCUT2D eigenvalue weighted by molar-refractivity contribution is 7.92. The molecule has 3 rings (SSSR count). The van der Waals surface area contributed by atoms with Crippen LogP contribution in [-0.4, -0.2) is 20.6 Å². The van der Waals surface area contributed by atoms with Crippen molar-refractivity contribution in [2.75, 3.05) is 0 Å². The summed E-state index contributed by atoms with van der Waals surface area (Å²) in [5.74, 6) is 0. The van der Waals surface area contributed by atoms with Crippen LogP contribution >= 0.6 is 0 Å². The maximum absolute atomic E-state index is 12.4. The van der Waals surface area contributed by atoms with E-state index in [0.717, 1.165) is 22.1 Å². The Balaban J connectivity index is 1.62. The lowest BCUT2D eigenvalue weighted by atomic mass is 10.1. The molecular weight excluding hydrogens is 424 g/mol. The Hall–Kier alpha value is -3.42. The van der Waals surface area contributed by atoms with Crippen LogP contribution in [0, 0.1) is 0 Å². The van der Waals surface area contributed by atoms with E-state index in [4.69, 9.17) is 4.74 Å². The standard InChI is InChI=1S/C25H26N2O4S/c28-25(31-20-23-14-8-3-9-15-23)27-24(18-21-10-4-1-5-11-21)16-17-32(29,30)26-19-22-12-6-2-7-13-22/h1-17,24,26H,18-20H2,(H,27,28)/b17-16-/t24-/m1/s1. The van der Waals surface area contributed by atoms with Crippen LogP contribution in [0.4, 0.5) is 4.79 Å². The molecule has 0 radical (unpaired) electrons. The van der Waals surface area contributed by atoms with Gasteiger partial charge in [-0.05, 0) is 29.2 Å². The zero-order valence-corrected chi connectivity index (χ0v) is 18.4. The molecule has 2 N–H and O–H groups in total. The SMILES string of the molecule is O=C(N[C@H](/C=C\S(=O)(=O)NCc1ccccc1)Cc1ccccc1)OCc1ccccc1. The summed E-state index contributed by atoms with van der Waals surface area (Å²) in [6.45, 7) is 0.314. The Labute approximate surface area is 189 Å². The molecule has 7 heteroatoms. The van der Waals surface area contributed by atoms with Crippen molar-refractivity contribution >= 4 is 16.1 Å². The van der Waals surface area contributed by atoms with Crippen molar-refractivity contribution in [1.82, 2.24) is 10.0 Å². The maximum Gasteiger partial charge on any atom is 0.407 e. The van der Waals surface area contributed by atoms with Crippen molar-refractivity contribution in [1.29, 1.82) is 0 Å². The van der Waals surface area contributed by atoms with Crippen LogP contribution in [0.5, 0.6) is 0 Å². The van der Waals surface area contributed by atoms with Gasteiger partial charge in [0.1, 0.15) is 6.61 Å². The second kappa shape index (κ2) is 11.8. The van der Waals surface area contributed by atoms with Gasteiger partial charge in [-0.1, -0.05) is 91.0 Å². The smallest absolute Gasteiger partial charge is 0.407 e. The van der Waals surface area contributed by atoms with Crippen LogP contribution in [0.25, 0.3) is 0 Å². The number of alkyl carbamates (subject to hydrolysis) is 1. The monoisotopic (exact) mass is 450 g/mol. The van der Waals surface area contributed by atoms with Gasteiger partial charge < -0.3 is 10.1 Å². The molecule has 0 spiro atoms. The van der Waals surface area contributed by atoms with Gasteiger partial charge >= 0.3 is 6.09 Å². The van der Waals surface area contributed by atoms with Crippen LogP contribution in [0.3, 0.4) is 0 Å². The van der Waals surface area contributed by atoms with E-state index in [1.54, 1.807) is 0 Å². The van der Waals surface area contributed by atoms with Gasteiger partial charge in [0.25, 0.3) is 0 Å². The Morgan fingerprint density at radius 3 is 1.94 bits per heavy atom. The molecule has 0 saturated carbocycles. The molecule has 0 aliphatic heterocycles. The number of carbonyl (C=O) groups excluding carboxylic acids is 1. The molecule has 0 aromatic heterocycles. The second-order valence-corrected chi connectivity index (χ2v) is 8.83. The third-order valence-electron chi connectivity index (χ3n) is 4.62. The lowest BCUT2D eigenvalue weighted by molar-refractivity contribution is 0.137. The minimum atomic E-state index is -3.68. The number of benzene rings is 3. The van der Waals surface area contributed by atoms with Gasteiger partial charge in [-0.15, -0.1) is 0 Å². The van der Waals surface area contributed by atoms with Crippen molar-refractivity contribution < 1.29 is 17.9 Å². The fourth-order valence-corrected chi connectivity index (χ4v) is 3.84. The Kier molecular flexibility index (Phi) is 8.60. The second-order valence-electron chi connectivity index (χ2n) is 7.18. The maximum atomic E-state index is 12.4. The first-order valence-corrected chi connectivity index (χ1v) is 11.8. The molecule has 0 saturated heterocycles. The first-order valence-electron chi connectivity index (χ1n) is 10.2. The van der Waals surface area contributed by atoms with Crippen LogP contribution in [0.15, 0.2) is 102 Å². The lowest BCUT2D eigenvalue weighted by Crippen LogP contribution is -2.35. The van der Waals surface area contributed by atoms with Crippen LogP contribution in [0.2, 0.25) is 0 Å². The summed E-state index contributed by atoms with van der Waals surface area (Å²) < 4.78 is 32.7. The molecular formula is C25H26N2O4S. The summed E-state index contributed by atoms with van der Waals surface area (Å²) in [4.78, 5) is 12.3. The quantitative estimate of drug-likeness (QED) is 0.486. The highest BCUT2D eigenvalue weighted by atomic mass is 32.2. The van der Waals surface area contributed by atoms with Crippen LogP contribution < -0.4 is 10.0 Å². The molecule has 0 bridgehead atoms. The number of ether oxygens (including phenoxy) is 1. The number of sulfonamides is 1. The van der Waals surface area contributed by atoms with E-state index in [0.29, 0.717) is 6.42 Å². The zero-order chi connectivity index (χ0) is 22.7. The van der Waals surface area contributed by atoms with Gasteiger partial charge in [0.2, 0.25) is 10.0 Å². The van der Waals surface area contributed by atoms with E-state index in [1.807, 2.05) is 91.0 Å². The fraction of sp³-hybridized carbons (Fsp3) is 0.160. The number of rotatable bonds is 10. The molecule has 1 atom stereocenters. The molecule has 0 fully saturated rings. The van der Waals surface area contributed by atoms with Gasteiger partial charge in [0.15, 0.2) is 0 Å². The Bertz CT molecular complexity index is 1100. The van der Waals surface area contributed by atoms with E-state index in [1.165, 1.54) is 6.08 Å². The Morgan fingerprint density at radius 2 is 1.34 bits per heavy atom. The number of amides is 1. The average molecular weight is 451 g/mol. The minimum absolute atomic E-state index is 0.130. The predicted octanol–water partition coefficient (Wildman–Crippen LogP) is 4.16. The first kappa shape index (κ1) is 23.2. The minimum Gasteiger partial charge on any atom is -0.445 e. The highest BCUT2D eigenvalue weighted by Gasteiger charge is 2.14. The molecule has 6 nitrogen and oxygen atoms in total. The van der Waals surface area contributed by atoms with E-state index in [9.17, 15) is 13.2 Å². The van der Waals surface area contributed by atoms with E-state index in [2.05, 4.69) is 10.0 Å². The van der Waals surface area contributed by atoms with E-state index >= 15 is 0 Å². The molecule has 3 aromatic rings. The molecule has 166 valence electrons. The van der Waals surface area contributed by atoms with E-state index < -0.39 is 22.2 Å². The van der Waals surface area contributed by atoms with Crippen LogP contribution in [-0.2, 0) is 34.3 Å². The van der Waals surface area contributed by atoms with E-state index in [-0.39, 0.29) is 13.2 Å². The summed E-state index contributed by atoms with van der Waals surface area (Å²) in [6, 6.07) is 27.5. The van der Waals surface area contributed by atoms with Gasteiger partial charge in [-0.25, -0.2) is 17.9 Å². The summed E-state index contributed by atoms with van der Waals surface area (Å²) in [5, 5.41) is 3.83. The fourth-order valence-electron chi connectivity index (χ4n) is 2.98. The normalized spacial score (nSPS) is 12.4. The summed E-state index contributed by atoms with van der Waals surface area (Å²) >= 11 is 0. The molecule has 1 amide bonds.